The summed E-state index contributed by atoms with van der Waals surface area (Å²) in [5, 5.41) is 12.3. The molecule has 2 aliphatic rings. The van der Waals surface area contributed by atoms with E-state index in [2.05, 4.69) is 0 Å². The molecule has 0 unspecified atom stereocenters. The van der Waals surface area contributed by atoms with E-state index in [1.807, 2.05) is 4.90 Å². The van der Waals surface area contributed by atoms with Crippen molar-refractivity contribution in [2.75, 3.05) is 32.7 Å². The lowest BCUT2D eigenvalue weighted by molar-refractivity contribution is -0.877. The molecule has 0 aliphatic carbocycles. The minimum atomic E-state index is -0.269. The lowest BCUT2D eigenvalue weighted by atomic mass is 10.1. The average Bonchev–Trinajstić information content (AvgIpc) is 2.30. The van der Waals surface area contributed by atoms with Gasteiger partial charge in [-0.3, -0.25) is 4.79 Å². The molecule has 2 aliphatic heterocycles. The third-order valence-electron chi connectivity index (χ3n) is 3.76. The second-order valence-corrected chi connectivity index (χ2v) is 5.17. The highest BCUT2D eigenvalue weighted by atomic mass is 16.5. The van der Waals surface area contributed by atoms with Gasteiger partial charge in [-0.05, 0) is 38.5 Å². The van der Waals surface area contributed by atoms with Crippen LogP contribution < -0.4 is 0 Å². The van der Waals surface area contributed by atoms with Gasteiger partial charge >= 0.3 is 0 Å². The summed E-state index contributed by atoms with van der Waals surface area (Å²) in [6.07, 6.45) is 6.55. The van der Waals surface area contributed by atoms with Crippen molar-refractivity contribution in [2.24, 2.45) is 0 Å². The molecular weight excluding hydrogens is 204 g/mol. The van der Waals surface area contributed by atoms with Gasteiger partial charge in [0.2, 0.25) is 0 Å². The van der Waals surface area contributed by atoms with Crippen LogP contribution in [0.15, 0.2) is 0 Å². The summed E-state index contributed by atoms with van der Waals surface area (Å²) in [6, 6.07) is 0. The van der Waals surface area contributed by atoms with E-state index in [4.69, 9.17) is 0 Å². The molecular formula is C12H22N2O2. The number of nitrogens with zero attached hydrogens (tertiary/aromatic N) is 2. The molecule has 2 fully saturated rings. The first-order valence-corrected chi connectivity index (χ1v) is 6.54. The van der Waals surface area contributed by atoms with Crippen LogP contribution in [0.1, 0.15) is 38.5 Å². The number of hydroxylamine groups is 3. The van der Waals surface area contributed by atoms with E-state index in [-0.39, 0.29) is 17.1 Å². The van der Waals surface area contributed by atoms with Crippen molar-refractivity contribution in [3.63, 3.8) is 0 Å². The number of rotatable bonds is 2. The Morgan fingerprint density at radius 3 is 2.19 bits per heavy atom. The summed E-state index contributed by atoms with van der Waals surface area (Å²) in [5.41, 5.74) is 0. The summed E-state index contributed by atoms with van der Waals surface area (Å²) in [6.45, 7) is 3.18. The number of carbonyl (C=O) groups is 1. The molecule has 4 nitrogen and oxygen atoms in total. The zero-order chi connectivity index (χ0) is 11.4. The lowest BCUT2D eigenvalue weighted by Gasteiger charge is -2.45. The Morgan fingerprint density at radius 2 is 1.56 bits per heavy atom. The second-order valence-electron chi connectivity index (χ2n) is 5.17. The van der Waals surface area contributed by atoms with E-state index in [9.17, 15) is 10.0 Å². The van der Waals surface area contributed by atoms with Gasteiger partial charge in [0.1, 0.15) is 0 Å². The summed E-state index contributed by atoms with van der Waals surface area (Å²) < 4.78 is -0.269. The highest BCUT2D eigenvalue weighted by Crippen LogP contribution is 2.18. The largest absolute Gasteiger partial charge is 0.632 e. The highest BCUT2D eigenvalue weighted by molar-refractivity contribution is 5.77. The lowest BCUT2D eigenvalue weighted by Crippen LogP contribution is -2.53. The molecule has 92 valence electrons. The number of carbonyl (C=O) groups excluding carboxylic acids is 1. The van der Waals surface area contributed by atoms with Crippen molar-refractivity contribution in [2.45, 2.75) is 38.5 Å². The van der Waals surface area contributed by atoms with Crippen LogP contribution in [0.2, 0.25) is 0 Å². The molecule has 0 aromatic carbocycles. The number of piperidine rings is 2. The Kier molecular flexibility index (Phi) is 3.82. The van der Waals surface area contributed by atoms with Crippen LogP contribution in [0.5, 0.6) is 0 Å². The topological polar surface area (TPSA) is 43.4 Å². The fraction of sp³-hybridized carbons (Fsp3) is 0.917. The Morgan fingerprint density at radius 1 is 1.00 bits per heavy atom. The zero-order valence-corrected chi connectivity index (χ0v) is 9.99. The quantitative estimate of drug-likeness (QED) is 0.529. The van der Waals surface area contributed by atoms with Gasteiger partial charge in [-0.2, -0.15) is 0 Å². The molecule has 0 atom stereocenters. The fourth-order valence-electron chi connectivity index (χ4n) is 2.74. The number of amides is 1. The number of quaternary nitrogens is 1. The van der Waals surface area contributed by atoms with E-state index < -0.39 is 0 Å². The molecule has 4 heteroatoms. The van der Waals surface area contributed by atoms with Crippen LogP contribution in [-0.4, -0.2) is 48.2 Å². The van der Waals surface area contributed by atoms with Crippen molar-refractivity contribution in [1.82, 2.24) is 4.90 Å². The predicted molar refractivity (Wildman–Crippen MR) is 62.5 cm³/mol. The fourth-order valence-corrected chi connectivity index (χ4v) is 2.74. The molecule has 0 aromatic heterocycles. The molecule has 0 N–H and O–H groups in total. The van der Waals surface area contributed by atoms with Gasteiger partial charge in [0.25, 0.3) is 5.91 Å². The van der Waals surface area contributed by atoms with Crippen molar-refractivity contribution < 1.29 is 9.44 Å². The Hall–Kier alpha value is -0.610. The summed E-state index contributed by atoms with van der Waals surface area (Å²) in [7, 11) is 0. The van der Waals surface area contributed by atoms with E-state index in [0.29, 0.717) is 13.1 Å². The minimum Gasteiger partial charge on any atom is -0.632 e. The van der Waals surface area contributed by atoms with Gasteiger partial charge < -0.3 is 14.8 Å². The first-order chi connectivity index (χ1) is 7.70. The normalized spacial score (nSPS) is 25.4. The summed E-state index contributed by atoms with van der Waals surface area (Å²) in [5.74, 6) is 0.0802. The third-order valence-corrected chi connectivity index (χ3v) is 3.76. The molecule has 0 bridgehead atoms. The minimum absolute atomic E-state index is 0.0802. The summed E-state index contributed by atoms with van der Waals surface area (Å²) in [4.78, 5) is 13.9. The van der Waals surface area contributed by atoms with Gasteiger partial charge in [0, 0.05) is 13.1 Å². The van der Waals surface area contributed by atoms with Gasteiger partial charge in [-0.25, -0.2) is 0 Å². The van der Waals surface area contributed by atoms with Crippen LogP contribution in [0.25, 0.3) is 0 Å². The van der Waals surface area contributed by atoms with Gasteiger partial charge in [-0.15, -0.1) is 0 Å². The number of hydrogen-bond donors (Lipinski definition) is 0. The molecule has 0 radical (unpaired) electrons. The Balaban J connectivity index is 1.85. The van der Waals surface area contributed by atoms with Crippen LogP contribution in [0, 0.1) is 5.21 Å². The van der Waals surface area contributed by atoms with Gasteiger partial charge in [0.15, 0.2) is 6.54 Å². The molecule has 0 saturated carbocycles. The first-order valence-electron chi connectivity index (χ1n) is 6.54. The second kappa shape index (κ2) is 5.15. The average molecular weight is 226 g/mol. The molecule has 2 heterocycles. The van der Waals surface area contributed by atoms with Crippen molar-refractivity contribution >= 4 is 5.91 Å². The van der Waals surface area contributed by atoms with E-state index in [1.165, 1.54) is 6.42 Å². The maximum Gasteiger partial charge on any atom is 0.278 e. The van der Waals surface area contributed by atoms with E-state index >= 15 is 0 Å². The third kappa shape index (κ3) is 2.95. The van der Waals surface area contributed by atoms with E-state index in [0.717, 1.165) is 45.2 Å². The zero-order valence-electron chi connectivity index (χ0n) is 9.99. The van der Waals surface area contributed by atoms with Crippen molar-refractivity contribution in [3.8, 4) is 0 Å². The predicted octanol–water partition coefficient (Wildman–Crippen LogP) is 1.50. The van der Waals surface area contributed by atoms with Gasteiger partial charge in [0.05, 0.1) is 13.1 Å². The van der Waals surface area contributed by atoms with Gasteiger partial charge in [-0.1, -0.05) is 0 Å². The monoisotopic (exact) mass is 226 g/mol. The SMILES string of the molecule is O=C(C[N+]1([O-])CCCCC1)N1CCCCC1. The summed E-state index contributed by atoms with van der Waals surface area (Å²) >= 11 is 0. The highest BCUT2D eigenvalue weighted by Gasteiger charge is 2.27. The Labute approximate surface area is 97.4 Å². The molecule has 16 heavy (non-hydrogen) atoms. The smallest absolute Gasteiger partial charge is 0.278 e. The van der Waals surface area contributed by atoms with Crippen molar-refractivity contribution in [1.29, 1.82) is 0 Å². The molecule has 0 spiro atoms. The number of likely N-dealkylation sites (tertiary alicyclic amines) is 2. The maximum atomic E-state index is 12.3. The van der Waals surface area contributed by atoms with Crippen LogP contribution in [-0.2, 0) is 4.79 Å². The molecule has 2 saturated heterocycles. The maximum absolute atomic E-state index is 12.3. The number of hydrogen-bond acceptors (Lipinski definition) is 2. The molecule has 0 aromatic rings. The molecule has 2 rings (SSSR count). The van der Waals surface area contributed by atoms with Crippen LogP contribution in [0.4, 0.5) is 0 Å². The standard InChI is InChI=1S/C12H22N2O2/c15-12(13-7-3-1-4-8-13)11-14(16)9-5-2-6-10-14/h1-11H2. The van der Waals surface area contributed by atoms with Crippen LogP contribution >= 0.6 is 0 Å². The van der Waals surface area contributed by atoms with Crippen molar-refractivity contribution in [3.05, 3.63) is 5.21 Å². The van der Waals surface area contributed by atoms with Crippen LogP contribution in [0.3, 0.4) is 0 Å². The van der Waals surface area contributed by atoms with E-state index in [1.54, 1.807) is 0 Å². The Bertz CT molecular complexity index is 243. The molecule has 1 amide bonds. The first kappa shape index (κ1) is 11.9.